The topological polar surface area (TPSA) is 237 Å². The van der Waals surface area contributed by atoms with E-state index in [9.17, 15) is 43.2 Å². The highest BCUT2D eigenvalue weighted by Crippen LogP contribution is 2.45. The van der Waals surface area contributed by atoms with Gasteiger partial charge in [0.05, 0.1) is 26.4 Å². The Hall–Kier alpha value is -2.46. The Bertz CT molecular complexity index is 1930. The predicted molar refractivity (Wildman–Crippen MR) is 381 cm³/mol. The highest BCUT2D eigenvalue weighted by atomic mass is 31.2. The van der Waals surface area contributed by atoms with Crippen LogP contribution in [-0.2, 0) is 65.4 Å². The lowest BCUT2D eigenvalue weighted by atomic mass is 10.0. The van der Waals surface area contributed by atoms with Gasteiger partial charge in [0.25, 0.3) is 0 Å². The van der Waals surface area contributed by atoms with E-state index >= 15 is 0 Å². The van der Waals surface area contributed by atoms with Crippen LogP contribution in [0.15, 0.2) is 24.3 Å². The van der Waals surface area contributed by atoms with Crippen molar-refractivity contribution >= 4 is 39.5 Å². The van der Waals surface area contributed by atoms with Crippen molar-refractivity contribution in [3.63, 3.8) is 0 Å². The fourth-order valence-electron chi connectivity index (χ4n) is 10.9. The lowest BCUT2D eigenvalue weighted by Crippen LogP contribution is -2.30. The highest BCUT2D eigenvalue weighted by molar-refractivity contribution is 7.47. The number of esters is 4. The molecule has 0 aliphatic carbocycles. The fraction of sp³-hybridized carbons (Fsp3) is 0.893. The normalized spacial score (nSPS) is 14.3. The van der Waals surface area contributed by atoms with Crippen LogP contribution >= 0.6 is 15.6 Å². The Morgan fingerprint density at radius 2 is 0.574 bits per heavy atom. The van der Waals surface area contributed by atoms with Crippen LogP contribution in [0.1, 0.15) is 357 Å². The molecule has 0 spiro atoms. The zero-order chi connectivity index (χ0) is 69.4. The minimum Gasteiger partial charge on any atom is -0.462 e. The molecule has 0 radical (unpaired) electrons. The lowest BCUT2D eigenvalue weighted by Gasteiger charge is -2.21. The average Bonchev–Trinajstić information content (AvgIpc) is 1.29. The molecule has 0 aromatic heterocycles. The van der Waals surface area contributed by atoms with Crippen LogP contribution in [0, 0.1) is 17.8 Å². The van der Waals surface area contributed by atoms with Gasteiger partial charge in [0.15, 0.2) is 12.2 Å². The number of allylic oxidation sites excluding steroid dienone is 4. The van der Waals surface area contributed by atoms with Crippen molar-refractivity contribution in [2.45, 2.75) is 375 Å². The lowest BCUT2D eigenvalue weighted by molar-refractivity contribution is -0.161. The van der Waals surface area contributed by atoms with Gasteiger partial charge in [-0.1, -0.05) is 304 Å². The van der Waals surface area contributed by atoms with Crippen LogP contribution in [0.3, 0.4) is 0 Å². The number of aliphatic hydroxyl groups excluding tert-OH is 1. The summed E-state index contributed by atoms with van der Waals surface area (Å²) in [4.78, 5) is 72.7. The van der Waals surface area contributed by atoms with Gasteiger partial charge in [-0.25, -0.2) is 9.13 Å². The number of ether oxygens (including phenoxy) is 4. The summed E-state index contributed by atoms with van der Waals surface area (Å²) in [6.07, 6.45) is 53.7. The maximum absolute atomic E-state index is 13.1. The monoisotopic (exact) mass is 1380 g/mol. The number of carbonyl (C=O) groups is 4. The van der Waals surface area contributed by atoms with Gasteiger partial charge >= 0.3 is 39.5 Å². The number of hydrogen-bond donors (Lipinski definition) is 3. The third-order valence-electron chi connectivity index (χ3n) is 16.8. The van der Waals surface area contributed by atoms with Crippen LogP contribution in [0.25, 0.3) is 0 Å². The van der Waals surface area contributed by atoms with Crippen LogP contribution < -0.4 is 0 Å². The maximum atomic E-state index is 13.1. The van der Waals surface area contributed by atoms with Crippen molar-refractivity contribution < 1.29 is 80.2 Å². The number of unbranched alkanes of at least 4 members (excludes halogenated alkanes) is 36. The first-order chi connectivity index (χ1) is 45.2. The van der Waals surface area contributed by atoms with E-state index < -0.39 is 97.5 Å². The zero-order valence-corrected chi connectivity index (χ0v) is 62.7. The highest BCUT2D eigenvalue weighted by Gasteiger charge is 2.30. The molecule has 0 aromatic carbocycles. The van der Waals surface area contributed by atoms with Crippen molar-refractivity contribution in [1.82, 2.24) is 0 Å². The van der Waals surface area contributed by atoms with Crippen LogP contribution in [0.4, 0.5) is 0 Å². The fourth-order valence-corrected chi connectivity index (χ4v) is 12.5. The molecule has 3 N–H and O–H groups in total. The summed E-state index contributed by atoms with van der Waals surface area (Å²) in [5.41, 5.74) is 0. The number of carbonyl (C=O) groups excluding carboxylic acids is 4. The molecule has 0 heterocycles. The minimum atomic E-state index is -4.96. The summed E-state index contributed by atoms with van der Waals surface area (Å²) in [6, 6.07) is 0. The number of phosphoric acid groups is 2. The van der Waals surface area contributed by atoms with E-state index in [-0.39, 0.29) is 25.7 Å². The summed E-state index contributed by atoms with van der Waals surface area (Å²) in [7, 11) is -9.92. The molecule has 94 heavy (non-hydrogen) atoms. The second-order valence-electron chi connectivity index (χ2n) is 27.8. The predicted octanol–water partition coefficient (Wildman–Crippen LogP) is 21.3. The van der Waals surface area contributed by atoms with E-state index in [0.29, 0.717) is 37.5 Å². The number of aliphatic hydroxyl groups is 1. The van der Waals surface area contributed by atoms with E-state index in [4.69, 9.17) is 37.0 Å². The Morgan fingerprint density at radius 3 is 0.862 bits per heavy atom. The molecule has 0 aliphatic rings. The zero-order valence-electron chi connectivity index (χ0n) is 60.9. The summed E-state index contributed by atoms with van der Waals surface area (Å²) < 4.78 is 68.4. The molecule has 0 aromatic rings. The molecule has 0 saturated carbocycles. The van der Waals surface area contributed by atoms with E-state index in [2.05, 4.69) is 72.8 Å². The third-order valence-corrected chi connectivity index (χ3v) is 18.7. The van der Waals surface area contributed by atoms with Gasteiger partial charge in [-0.3, -0.25) is 37.3 Å². The van der Waals surface area contributed by atoms with Crippen molar-refractivity contribution in [2.75, 3.05) is 39.6 Å². The second kappa shape index (κ2) is 65.2. The molecule has 0 aliphatic heterocycles. The molecule has 0 rings (SSSR count). The minimum absolute atomic E-state index is 0.100. The summed E-state index contributed by atoms with van der Waals surface area (Å²) >= 11 is 0. The van der Waals surface area contributed by atoms with Gasteiger partial charge in [0.2, 0.25) is 0 Å². The Labute approximate surface area is 573 Å². The SMILES string of the molecule is CCCCCC/C=C\C=C/CCCCCCCC(=O)OC[C@H](COP(=O)(O)OCC(O)COP(=O)(O)OC[C@@H](COC(=O)CCCCCCCCCC(C)C)OC(=O)CCCCCCCCCCC(C)C)OC(=O)CCCCCCCCCCCCCCCCCC(C)C. The summed E-state index contributed by atoms with van der Waals surface area (Å²) in [6.45, 7) is 11.7. The average molecular weight is 1380 g/mol. The van der Waals surface area contributed by atoms with Crippen LogP contribution in [-0.4, -0.2) is 96.7 Å². The van der Waals surface area contributed by atoms with Crippen molar-refractivity contribution in [3.05, 3.63) is 24.3 Å². The van der Waals surface area contributed by atoms with Gasteiger partial charge in [0.1, 0.15) is 19.3 Å². The second-order valence-corrected chi connectivity index (χ2v) is 30.7. The number of rotatable bonds is 71. The van der Waals surface area contributed by atoms with E-state index in [1.165, 1.54) is 141 Å². The molecule has 0 bridgehead atoms. The first-order valence-electron chi connectivity index (χ1n) is 38.2. The van der Waals surface area contributed by atoms with E-state index in [0.717, 1.165) is 121 Å². The standard InChI is InChI=1S/C75H142O17P2/c1-8-9-10-11-12-13-14-15-17-21-24-27-35-42-49-56-72(77)85-62-70(91-74(79)58-51-44-36-28-25-22-19-16-18-20-23-26-32-39-46-53-66(2)3)64-89-93(81,82)87-60-69(76)61-88-94(83,84)90-65-71(63-86-73(78)57-50-43-38-31-34-41-48-55-68(6)7)92-75(80)59-52-45-37-30-29-33-40-47-54-67(4)5/h13-15,17,66-71,76H,8-12,16,18-65H2,1-7H3,(H,81,82)(H,83,84)/b14-13-,17-15-/t69?,70-,71-/m1/s1. The molecule has 0 amide bonds. The summed E-state index contributed by atoms with van der Waals surface area (Å²) in [5, 5.41) is 10.6. The third kappa shape index (κ3) is 68.1. The molecule has 17 nitrogen and oxygen atoms in total. The first-order valence-corrected chi connectivity index (χ1v) is 41.2. The Morgan fingerprint density at radius 1 is 0.330 bits per heavy atom. The summed E-state index contributed by atoms with van der Waals surface area (Å²) in [5.74, 6) is 0.0681. The van der Waals surface area contributed by atoms with E-state index in [1.54, 1.807) is 0 Å². The Balaban J connectivity index is 5.27. The molecule has 554 valence electrons. The Kier molecular flexibility index (Phi) is 63.5. The largest absolute Gasteiger partial charge is 0.472 e. The van der Waals surface area contributed by atoms with Gasteiger partial charge in [-0.05, 0) is 69.1 Å². The number of hydrogen-bond acceptors (Lipinski definition) is 15. The number of phosphoric ester groups is 2. The molecule has 0 fully saturated rings. The molecule has 19 heteroatoms. The first kappa shape index (κ1) is 91.5. The molecule has 3 unspecified atom stereocenters. The van der Waals surface area contributed by atoms with Gasteiger partial charge in [-0.2, -0.15) is 0 Å². The van der Waals surface area contributed by atoms with Gasteiger partial charge in [0, 0.05) is 25.7 Å². The van der Waals surface area contributed by atoms with Crippen molar-refractivity contribution in [2.24, 2.45) is 17.8 Å². The van der Waals surface area contributed by atoms with Gasteiger partial charge in [-0.15, -0.1) is 0 Å². The van der Waals surface area contributed by atoms with Crippen molar-refractivity contribution in [1.29, 1.82) is 0 Å². The van der Waals surface area contributed by atoms with Gasteiger partial charge < -0.3 is 33.8 Å². The molecule has 5 atom stereocenters. The van der Waals surface area contributed by atoms with E-state index in [1.807, 2.05) is 0 Å². The molecular weight excluding hydrogens is 1230 g/mol. The quantitative estimate of drug-likeness (QED) is 0.0169. The van der Waals surface area contributed by atoms with Crippen molar-refractivity contribution in [3.8, 4) is 0 Å². The smallest absolute Gasteiger partial charge is 0.462 e. The molecule has 0 saturated heterocycles. The van der Waals surface area contributed by atoms with Crippen LogP contribution in [0.2, 0.25) is 0 Å². The maximum Gasteiger partial charge on any atom is 0.472 e. The van der Waals surface area contributed by atoms with Crippen LogP contribution in [0.5, 0.6) is 0 Å². The molecular formula is C75H142O17P2.